The van der Waals surface area contributed by atoms with Crippen molar-refractivity contribution in [3.8, 4) is 0 Å². The molecule has 14 heavy (non-hydrogen) atoms. The highest BCUT2D eigenvalue weighted by atomic mass is 19.4. The lowest BCUT2D eigenvalue weighted by molar-refractivity contribution is -0.144. The number of halogens is 3. The summed E-state index contributed by atoms with van der Waals surface area (Å²) in [5.74, 6) is -0.654. The first-order valence-corrected chi connectivity index (χ1v) is 4.48. The number of hydrogen-bond acceptors (Lipinski definition) is 2. The van der Waals surface area contributed by atoms with Crippen LogP contribution in [0.15, 0.2) is 12.3 Å². The lowest BCUT2D eigenvalue weighted by atomic mass is 9.95. The average molecular weight is 207 g/mol. The van der Waals surface area contributed by atoms with Gasteiger partial charge in [0.1, 0.15) is 5.78 Å². The van der Waals surface area contributed by atoms with E-state index in [-0.39, 0.29) is 11.7 Å². The summed E-state index contributed by atoms with van der Waals surface area (Å²) in [4.78, 5) is 11.3. The van der Waals surface area contributed by atoms with E-state index < -0.39 is 19.0 Å². The molecule has 0 aromatic carbocycles. The third-order valence-electron chi connectivity index (χ3n) is 2.11. The number of allylic oxidation sites excluding steroid dienone is 1. The van der Waals surface area contributed by atoms with Crippen LogP contribution in [0.1, 0.15) is 19.3 Å². The molecule has 0 radical (unpaired) electrons. The Bertz CT molecular complexity index is 235. The van der Waals surface area contributed by atoms with Gasteiger partial charge in [0.15, 0.2) is 0 Å². The Hall–Kier alpha value is -1.00. The highest BCUT2D eigenvalue weighted by molar-refractivity contribution is 5.82. The number of rotatable bonds is 3. The van der Waals surface area contributed by atoms with E-state index in [1.54, 1.807) is 12.3 Å². The maximum atomic E-state index is 11.8. The summed E-state index contributed by atoms with van der Waals surface area (Å²) in [7, 11) is 0. The van der Waals surface area contributed by atoms with Crippen LogP contribution in [0.2, 0.25) is 0 Å². The van der Waals surface area contributed by atoms with Crippen molar-refractivity contribution in [1.29, 1.82) is 0 Å². The van der Waals surface area contributed by atoms with E-state index in [1.165, 1.54) is 0 Å². The van der Waals surface area contributed by atoms with Crippen molar-refractivity contribution >= 4 is 5.78 Å². The van der Waals surface area contributed by atoms with Gasteiger partial charge in [-0.2, -0.15) is 13.2 Å². The molecule has 0 fully saturated rings. The molecule has 1 aliphatic heterocycles. The van der Waals surface area contributed by atoms with E-state index >= 15 is 0 Å². The Balaban J connectivity index is 2.34. The van der Waals surface area contributed by atoms with E-state index in [0.29, 0.717) is 13.0 Å². The molecule has 0 aromatic heterocycles. The summed E-state index contributed by atoms with van der Waals surface area (Å²) in [6.45, 7) is 0.652. The predicted molar refractivity (Wildman–Crippen MR) is 45.5 cm³/mol. The zero-order valence-corrected chi connectivity index (χ0v) is 7.60. The molecule has 1 N–H and O–H groups in total. The standard InChI is InChI=1S/C9H12F3NO/c10-9(11,12)4-1-8(14)7-2-5-13-6-3-7/h2,5,7,13H,1,3-4,6H2. The normalized spacial score (nSPS) is 21.8. The molecule has 2 nitrogen and oxygen atoms in total. The number of nitrogens with one attached hydrogen (secondary N) is 1. The van der Waals surface area contributed by atoms with Crippen molar-refractivity contribution in [2.45, 2.75) is 25.4 Å². The first-order chi connectivity index (χ1) is 6.49. The van der Waals surface area contributed by atoms with Gasteiger partial charge in [-0.05, 0) is 12.6 Å². The maximum Gasteiger partial charge on any atom is 0.389 e. The smallest absolute Gasteiger partial charge is 0.389 e. The Kier molecular flexibility index (Phi) is 3.55. The molecule has 1 heterocycles. The number of hydrogen-bond donors (Lipinski definition) is 1. The van der Waals surface area contributed by atoms with Crippen LogP contribution in [0.3, 0.4) is 0 Å². The quantitative estimate of drug-likeness (QED) is 0.767. The van der Waals surface area contributed by atoms with Crippen molar-refractivity contribution < 1.29 is 18.0 Å². The predicted octanol–water partition coefficient (Wildman–Crippen LogP) is 2.02. The third-order valence-corrected chi connectivity index (χ3v) is 2.11. The molecule has 0 spiro atoms. The molecule has 0 amide bonds. The molecule has 1 aliphatic rings. The van der Waals surface area contributed by atoms with Gasteiger partial charge in [0.2, 0.25) is 0 Å². The fourth-order valence-corrected chi connectivity index (χ4v) is 1.32. The van der Waals surface area contributed by atoms with Crippen LogP contribution in [0, 0.1) is 5.92 Å². The summed E-state index contributed by atoms with van der Waals surface area (Å²) in [6.07, 6.45) is -1.80. The molecule has 0 saturated heterocycles. The fraction of sp³-hybridized carbons (Fsp3) is 0.667. The molecular weight excluding hydrogens is 195 g/mol. The van der Waals surface area contributed by atoms with E-state index in [2.05, 4.69) is 5.32 Å². The number of carbonyl (C=O) groups is 1. The van der Waals surface area contributed by atoms with Gasteiger partial charge in [0.05, 0.1) is 6.42 Å². The molecule has 0 aliphatic carbocycles. The van der Waals surface area contributed by atoms with Crippen molar-refractivity contribution in [3.63, 3.8) is 0 Å². The van der Waals surface area contributed by atoms with Gasteiger partial charge in [-0.1, -0.05) is 6.08 Å². The zero-order chi connectivity index (χ0) is 10.6. The SMILES string of the molecule is O=C(CCC(F)(F)F)C1C=CNCC1. The van der Waals surface area contributed by atoms with E-state index in [1.807, 2.05) is 0 Å². The summed E-state index contributed by atoms with van der Waals surface area (Å²) in [5.41, 5.74) is 0. The van der Waals surface area contributed by atoms with Crippen molar-refractivity contribution in [2.75, 3.05) is 6.54 Å². The molecule has 1 rings (SSSR count). The number of carbonyl (C=O) groups excluding carboxylic acids is 1. The Labute approximate surface area is 80.2 Å². The summed E-state index contributed by atoms with van der Waals surface area (Å²) in [6, 6.07) is 0. The first kappa shape index (κ1) is 11.1. The van der Waals surface area contributed by atoms with Gasteiger partial charge in [-0.15, -0.1) is 0 Å². The van der Waals surface area contributed by atoms with Crippen molar-refractivity contribution in [3.05, 3.63) is 12.3 Å². The van der Waals surface area contributed by atoms with Gasteiger partial charge >= 0.3 is 6.18 Å². The van der Waals surface area contributed by atoms with E-state index in [4.69, 9.17) is 0 Å². The van der Waals surface area contributed by atoms with Gasteiger partial charge in [-0.3, -0.25) is 4.79 Å². The van der Waals surface area contributed by atoms with E-state index in [9.17, 15) is 18.0 Å². The van der Waals surface area contributed by atoms with E-state index in [0.717, 1.165) is 0 Å². The maximum absolute atomic E-state index is 11.8. The van der Waals surface area contributed by atoms with Crippen LogP contribution in [-0.4, -0.2) is 18.5 Å². The van der Waals surface area contributed by atoms with Crippen LogP contribution in [-0.2, 0) is 4.79 Å². The number of alkyl halides is 3. The topological polar surface area (TPSA) is 29.1 Å². The molecule has 80 valence electrons. The monoisotopic (exact) mass is 207 g/mol. The highest BCUT2D eigenvalue weighted by Gasteiger charge is 2.29. The number of ketones is 1. The van der Waals surface area contributed by atoms with Crippen LogP contribution >= 0.6 is 0 Å². The summed E-state index contributed by atoms with van der Waals surface area (Å²) >= 11 is 0. The minimum atomic E-state index is -4.23. The van der Waals surface area contributed by atoms with Crippen molar-refractivity contribution in [1.82, 2.24) is 5.32 Å². The van der Waals surface area contributed by atoms with Gasteiger partial charge in [0.25, 0.3) is 0 Å². The van der Waals surface area contributed by atoms with Crippen molar-refractivity contribution in [2.24, 2.45) is 5.92 Å². The van der Waals surface area contributed by atoms with Crippen LogP contribution in [0.4, 0.5) is 13.2 Å². The molecule has 5 heteroatoms. The second kappa shape index (κ2) is 4.48. The minimum absolute atomic E-state index is 0.319. The van der Waals surface area contributed by atoms with Crippen LogP contribution in [0.25, 0.3) is 0 Å². The molecule has 0 saturated carbocycles. The van der Waals surface area contributed by atoms with Crippen LogP contribution < -0.4 is 5.32 Å². The molecule has 0 aromatic rings. The summed E-state index contributed by atoms with van der Waals surface area (Å²) in [5, 5.41) is 2.89. The number of Topliss-reactive ketones (excluding diaryl/α,β-unsaturated/α-hetero) is 1. The average Bonchev–Trinajstić information content (AvgIpc) is 2.14. The molecular formula is C9H12F3NO. The lowest BCUT2D eigenvalue weighted by Gasteiger charge is -2.16. The highest BCUT2D eigenvalue weighted by Crippen LogP contribution is 2.23. The van der Waals surface area contributed by atoms with Crippen LogP contribution in [0.5, 0.6) is 0 Å². The Morgan fingerprint density at radius 3 is 2.71 bits per heavy atom. The van der Waals surface area contributed by atoms with Gasteiger partial charge in [-0.25, -0.2) is 0 Å². The molecule has 1 unspecified atom stereocenters. The zero-order valence-electron chi connectivity index (χ0n) is 7.60. The molecule has 1 atom stereocenters. The second-order valence-electron chi connectivity index (χ2n) is 3.29. The Morgan fingerprint density at radius 1 is 1.50 bits per heavy atom. The Morgan fingerprint density at radius 2 is 2.21 bits per heavy atom. The fourth-order valence-electron chi connectivity index (χ4n) is 1.32. The molecule has 0 bridgehead atoms. The lowest BCUT2D eigenvalue weighted by Crippen LogP contribution is -2.24. The second-order valence-corrected chi connectivity index (χ2v) is 3.29. The largest absolute Gasteiger partial charge is 0.391 e. The third kappa shape index (κ3) is 3.81. The first-order valence-electron chi connectivity index (χ1n) is 4.48. The van der Waals surface area contributed by atoms with Gasteiger partial charge in [0, 0.05) is 18.9 Å². The van der Waals surface area contributed by atoms with Gasteiger partial charge < -0.3 is 5.32 Å². The minimum Gasteiger partial charge on any atom is -0.391 e. The summed E-state index contributed by atoms with van der Waals surface area (Å²) < 4.78 is 35.4.